The van der Waals surface area contributed by atoms with Crippen molar-refractivity contribution in [3.8, 4) is 5.69 Å². The fraction of sp³-hybridized carbons (Fsp3) is 0.154. The van der Waals surface area contributed by atoms with E-state index >= 15 is 0 Å². The van der Waals surface area contributed by atoms with Crippen molar-refractivity contribution in [3.63, 3.8) is 0 Å². The summed E-state index contributed by atoms with van der Waals surface area (Å²) < 4.78 is 2.36. The molecule has 0 amide bonds. The van der Waals surface area contributed by atoms with Gasteiger partial charge in [-0.25, -0.2) is 4.68 Å². The fourth-order valence-electron chi connectivity index (χ4n) is 2.30. The molecular formula is C13H10BrN5O2. The summed E-state index contributed by atoms with van der Waals surface area (Å²) in [6.07, 6.45) is 3.29. The van der Waals surface area contributed by atoms with Crippen LogP contribution in [0.3, 0.4) is 0 Å². The van der Waals surface area contributed by atoms with Crippen molar-refractivity contribution >= 4 is 32.7 Å². The van der Waals surface area contributed by atoms with E-state index < -0.39 is 4.92 Å². The van der Waals surface area contributed by atoms with Gasteiger partial charge in [0, 0.05) is 16.9 Å². The standard InChI is InChI=1S/C13H10BrN5O2/c1-7-13(19(20)21)8(2)18(17-7)11-3-4-15-10-5-9(14)6-16-12(10)11/h3-6H,1-2H3. The first-order valence-corrected chi connectivity index (χ1v) is 6.89. The second-order valence-corrected chi connectivity index (χ2v) is 5.46. The van der Waals surface area contributed by atoms with Crippen LogP contribution in [0.1, 0.15) is 11.4 Å². The molecule has 0 bridgehead atoms. The van der Waals surface area contributed by atoms with Gasteiger partial charge in [0.15, 0.2) is 0 Å². The molecule has 3 rings (SSSR count). The van der Waals surface area contributed by atoms with Gasteiger partial charge in [-0.05, 0) is 41.9 Å². The molecular weight excluding hydrogens is 338 g/mol. The minimum absolute atomic E-state index is 0.0251. The van der Waals surface area contributed by atoms with Crippen LogP contribution in [0.25, 0.3) is 16.7 Å². The lowest BCUT2D eigenvalue weighted by atomic mass is 10.2. The lowest BCUT2D eigenvalue weighted by Gasteiger charge is -2.06. The van der Waals surface area contributed by atoms with Crippen LogP contribution in [-0.4, -0.2) is 24.7 Å². The Balaban J connectivity index is 2.31. The van der Waals surface area contributed by atoms with Gasteiger partial charge in [0.1, 0.15) is 16.9 Å². The molecule has 21 heavy (non-hydrogen) atoms. The Morgan fingerprint density at radius 1 is 1.33 bits per heavy atom. The molecule has 3 aromatic rings. The average molecular weight is 348 g/mol. The average Bonchev–Trinajstić information content (AvgIpc) is 2.72. The van der Waals surface area contributed by atoms with Gasteiger partial charge >= 0.3 is 5.69 Å². The van der Waals surface area contributed by atoms with Gasteiger partial charge in [-0.15, -0.1) is 0 Å². The van der Waals surface area contributed by atoms with Gasteiger partial charge in [-0.2, -0.15) is 5.10 Å². The predicted molar refractivity (Wildman–Crippen MR) is 80.5 cm³/mol. The largest absolute Gasteiger partial charge is 0.313 e. The lowest BCUT2D eigenvalue weighted by molar-refractivity contribution is -0.386. The molecule has 3 aromatic heterocycles. The third-order valence-electron chi connectivity index (χ3n) is 3.19. The van der Waals surface area contributed by atoms with E-state index in [1.165, 1.54) is 0 Å². The number of aryl methyl sites for hydroxylation is 1. The summed E-state index contributed by atoms with van der Waals surface area (Å²) in [5, 5.41) is 15.4. The van der Waals surface area contributed by atoms with Crippen molar-refractivity contribution < 1.29 is 4.92 Å². The second-order valence-electron chi connectivity index (χ2n) is 4.54. The molecule has 0 aliphatic rings. The summed E-state index contributed by atoms with van der Waals surface area (Å²) in [6, 6.07) is 3.58. The van der Waals surface area contributed by atoms with Crippen LogP contribution in [0.2, 0.25) is 0 Å². The monoisotopic (exact) mass is 347 g/mol. The van der Waals surface area contributed by atoms with Crippen LogP contribution >= 0.6 is 15.9 Å². The summed E-state index contributed by atoms with van der Waals surface area (Å²) in [6.45, 7) is 3.29. The third-order valence-corrected chi connectivity index (χ3v) is 3.62. The molecule has 0 radical (unpaired) electrons. The zero-order valence-corrected chi connectivity index (χ0v) is 12.8. The van der Waals surface area contributed by atoms with Crippen LogP contribution in [0.15, 0.2) is 29.0 Å². The molecule has 0 aliphatic carbocycles. The maximum Gasteiger partial charge on any atom is 0.313 e. The summed E-state index contributed by atoms with van der Waals surface area (Å²) in [7, 11) is 0. The van der Waals surface area contributed by atoms with Crippen LogP contribution in [0.4, 0.5) is 5.69 Å². The van der Waals surface area contributed by atoms with E-state index in [1.807, 2.05) is 6.07 Å². The number of fused-ring (bicyclic) bond motifs is 1. The summed E-state index contributed by atoms with van der Waals surface area (Å²) in [5.74, 6) is 0. The van der Waals surface area contributed by atoms with Crippen LogP contribution in [-0.2, 0) is 0 Å². The van der Waals surface area contributed by atoms with Gasteiger partial charge in [0.2, 0.25) is 0 Å². The summed E-state index contributed by atoms with van der Waals surface area (Å²) in [4.78, 5) is 19.3. The topological polar surface area (TPSA) is 86.7 Å². The van der Waals surface area contributed by atoms with Crippen molar-refractivity contribution in [2.75, 3.05) is 0 Å². The molecule has 0 saturated carbocycles. The number of aromatic nitrogens is 4. The Kier molecular flexibility index (Phi) is 3.17. The predicted octanol–water partition coefficient (Wildman–Crippen LogP) is 3.10. The third kappa shape index (κ3) is 2.17. The first kappa shape index (κ1) is 13.6. The summed E-state index contributed by atoms with van der Waals surface area (Å²) in [5.41, 5.74) is 2.87. The maximum atomic E-state index is 11.1. The normalized spacial score (nSPS) is 11.0. The molecule has 3 heterocycles. The van der Waals surface area contributed by atoms with Gasteiger partial charge in [-0.1, -0.05) is 0 Å². The van der Waals surface area contributed by atoms with Gasteiger partial charge < -0.3 is 0 Å². The van der Waals surface area contributed by atoms with E-state index in [0.717, 1.165) is 4.47 Å². The Labute approximate surface area is 127 Å². The van der Waals surface area contributed by atoms with E-state index in [1.54, 1.807) is 37.0 Å². The van der Waals surface area contributed by atoms with Gasteiger partial charge in [0.05, 0.1) is 16.1 Å². The smallest absolute Gasteiger partial charge is 0.258 e. The number of rotatable bonds is 2. The molecule has 8 heteroatoms. The molecule has 0 unspecified atom stereocenters. The molecule has 0 atom stereocenters. The highest BCUT2D eigenvalue weighted by atomic mass is 79.9. The van der Waals surface area contributed by atoms with Crippen molar-refractivity contribution in [1.29, 1.82) is 0 Å². The van der Waals surface area contributed by atoms with Crippen molar-refractivity contribution in [1.82, 2.24) is 19.7 Å². The highest BCUT2D eigenvalue weighted by molar-refractivity contribution is 9.10. The first-order chi connectivity index (χ1) is 9.99. The molecule has 106 valence electrons. The van der Waals surface area contributed by atoms with Crippen molar-refractivity contribution in [2.45, 2.75) is 13.8 Å². The number of halogens is 1. The molecule has 0 N–H and O–H groups in total. The van der Waals surface area contributed by atoms with Gasteiger partial charge in [-0.3, -0.25) is 20.1 Å². The molecule has 0 saturated heterocycles. The van der Waals surface area contributed by atoms with E-state index in [2.05, 4.69) is 31.0 Å². The Hall–Kier alpha value is -2.35. The number of nitrogens with zero attached hydrogens (tertiary/aromatic N) is 5. The zero-order valence-electron chi connectivity index (χ0n) is 11.2. The van der Waals surface area contributed by atoms with Crippen LogP contribution < -0.4 is 0 Å². The first-order valence-electron chi connectivity index (χ1n) is 6.10. The lowest BCUT2D eigenvalue weighted by Crippen LogP contribution is -2.02. The van der Waals surface area contributed by atoms with E-state index in [9.17, 15) is 10.1 Å². The highest BCUT2D eigenvalue weighted by Crippen LogP contribution is 2.27. The quantitative estimate of drug-likeness (QED) is 0.525. The van der Waals surface area contributed by atoms with Gasteiger partial charge in [0.25, 0.3) is 0 Å². The van der Waals surface area contributed by atoms with E-state index in [0.29, 0.717) is 28.1 Å². The van der Waals surface area contributed by atoms with Crippen LogP contribution in [0.5, 0.6) is 0 Å². The Morgan fingerprint density at radius 3 is 2.76 bits per heavy atom. The second kappa shape index (κ2) is 4.88. The van der Waals surface area contributed by atoms with E-state index in [4.69, 9.17) is 0 Å². The van der Waals surface area contributed by atoms with E-state index in [-0.39, 0.29) is 5.69 Å². The Morgan fingerprint density at radius 2 is 2.10 bits per heavy atom. The Bertz CT molecular complexity index is 874. The number of nitro groups is 1. The molecule has 0 spiro atoms. The number of pyridine rings is 2. The molecule has 0 aromatic carbocycles. The van der Waals surface area contributed by atoms with Crippen molar-refractivity contribution in [2.24, 2.45) is 0 Å². The number of hydrogen-bond acceptors (Lipinski definition) is 5. The molecule has 0 aliphatic heterocycles. The molecule has 7 nitrogen and oxygen atoms in total. The molecule has 0 fully saturated rings. The maximum absolute atomic E-state index is 11.1. The van der Waals surface area contributed by atoms with Crippen molar-refractivity contribution in [3.05, 3.63) is 50.5 Å². The number of hydrogen-bond donors (Lipinski definition) is 0. The summed E-state index contributed by atoms with van der Waals surface area (Å²) >= 11 is 3.35. The van der Waals surface area contributed by atoms with Crippen LogP contribution in [0, 0.1) is 24.0 Å². The SMILES string of the molecule is Cc1nn(-c2ccnc3cc(Br)cnc23)c(C)c1[N+](=O)[O-]. The fourth-order valence-corrected chi connectivity index (χ4v) is 2.61. The minimum Gasteiger partial charge on any atom is -0.258 e. The highest BCUT2D eigenvalue weighted by Gasteiger charge is 2.23. The minimum atomic E-state index is -0.415. The zero-order chi connectivity index (χ0) is 15.1.